The average Bonchev–Trinajstić information content (AvgIpc) is 2.57. The van der Waals surface area contributed by atoms with Crippen molar-refractivity contribution in [3.05, 3.63) is 47.5 Å². The van der Waals surface area contributed by atoms with Gasteiger partial charge in [-0.1, -0.05) is 0 Å². The summed E-state index contributed by atoms with van der Waals surface area (Å²) in [5.41, 5.74) is 3.60. The predicted molar refractivity (Wildman–Crippen MR) is 96.5 cm³/mol. The van der Waals surface area contributed by atoms with Crippen molar-refractivity contribution < 1.29 is 20.1 Å². The minimum Gasteiger partial charge on any atom is -0.508 e. The van der Waals surface area contributed by atoms with Crippen LogP contribution in [0.1, 0.15) is 29.8 Å². The quantitative estimate of drug-likeness (QED) is 0.476. The van der Waals surface area contributed by atoms with Gasteiger partial charge in [-0.05, 0) is 38.1 Å². The molecule has 0 unspecified atom stereocenters. The highest BCUT2D eigenvalue weighted by molar-refractivity contribution is 5.97. The Bertz CT molecular complexity index is 786. The SMILES string of the molecule is CCN(CC)c1ccc(/C=N/NC(=O)c2ccc(O)cc2O)c(O)c1. The van der Waals surface area contributed by atoms with Gasteiger partial charge in [0.15, 0.2) is 0 Å². The predicted octanol–water partition coefficient (Wildman–Crippen LogP) is 2.41. The van der Waals surface area contributed by atoms with Crippen molar-refractivity contribution in [1.29, 1.82) is 0 Å². The van der Waals surface area contributed by atoms with Crippen LogP contribution in [0.4, 0.5) is 5.69 Å². The van der Waals surface area contributed by atoms with Gasteiger partial charge in [0, 0.05) is 36.5 Å². The summed E-state index contributed by atoms with van der Waals surface area (Å²) in [6.45, 7) is 5.72. The summed E-state index contributed by atoms with van der Waals surface area (Å²) in [5.74, 6) is -1.07. The van der Waals surface area contributed by atoms with Gasteiger partial charge in [-0.25, -0.2) is 5.43 Å². The molecule has 0 aromatic heterocycles. The maximum absolute atomic E-state index is 11.9. The lowest BCUT2D eigenvalue weighted by Crippen LogP contribution is -2.21. The second-order valence-corrected chi connectivity index (χ2v) is 5.32. The summed E-state index contributed by atoms with van der Waals surface area (Å²) >= 11 is 0. The highest BCUT2D eigenvalue weighted by Gasteiger charge is 2.11. The fraction of sp³-hybridized carbons (Fsp3) is 0.222. The number of hydrazone groups is 1. The van der Waals surface area contributed by atoms with Crippen LogP contribution in [0.25, 0.3) is 0 Å². The van der Waals surface area contributed by atoms with E-state index in [0.717, 1.165) is 24.8 Å². The van der Waals surface area contributed by atoms with Gasteiger partial charge in [-0.3, -0.25) is 4.79 Å². The first-order valence-corrected chi connectivity index (χ1v) is 7.89. The molecule has 0 fully saturated rings. The minimum absolute atomic E-state index is 0.0175. The number of carbonyl (C=O) groups excluding carboxylic acids is 1. The van der Waals surface area contributed by atoms with Crippen LogP contribution in [0.5, 0.6) is 17.2 Å². The Labute approximate surface area is 145 Å². The molecule has 0 aliphatic rings. The molecule has 2 rings (SSSR count). The third kappa shape index (κ3) is 4.41. The van der Waals surface area contributed by atoms with Gasteiger partial charge in [0.1, 0.15) is 17.2 Å². The number of anilines is 1. The second-order valence-electron chi connectivity index (χ2n) is 5.32. The zero-order valence-electron chi connectivity index (χ0n) is 14.1. The van der Waals surface area contributed by atoms with E-state index in [0.29, 0.717) is 5.56 Å². The Kier molecular flexibility index (Phi) is 5.84. The molecular formula is C18H21N3O4. The molecule has 7 nitrogen and oxygen atoms in total. The van der Waals surface area contributed by atoms with Crippen LogP contribution in [0, 0.1) is 0 Å². The van der Waals surface area contributed by atoms with Crippen LogP contribution in [0.3, 0.4) is 0 Å². The van der Waals surface area contributed by atoms with Crippen molar-refractivity contribution in [2.24, 2.45) is 5.10 Å². The number of phenols is 3. The standard InChI is InChI=1S/C18H21N3O4/c1-3-21(4-2)13-6-5-12(16(23)9-13)11-19-20-18(25)15-8-7-14(22)10-17(15)24/h5-11,22-24H,3-4H2,1-2H3,(H,20,25)/b19-11+. The lowest BCUT2D eigenvalue weighted by atomic mass is 10.2. The molecule has 0 bridgehead atoms. The third-order valence-electron chi connectivity index (χ3n) is 3.74. The highest BCUT2D eigenvalue weighted by Crippen LogP contribution is 2.24. The Morgan fingerprint density at radius 1 is 1.08 bits per heavy atom. The molecule has 4 N–H and O–H groups in total. The number of hydrogen-bond acceptors (Lipinski definition) is 6. The minimum atomic E-state index is -0.631. The fourth-order valence-corrected chi connectivity index (χ4v) is 2.36. The third-order valence-corrected chi connectivity index (χ3v) is 3.74. The largest absolute Gasteiger partial charge is 0.508 e. The number of nitrogens with one attached hydrogen (secondary N) is 1. The maximum Gasteiger partial charge on any atom is 0.275 e. The molecule has 0 aliphatic carbocycles. The van der Waals surface area contributed by atoms with E-state index in [9.17, 15) is 20.1 Å². The van der Waals surface area contributed by atoms with E-state index >= 15 is 0 Å². The molecule has 2 aromatic rings. The molecule has 25 heavy (non-hydrogen) atoms. The van der Waals surface area contributed by atoms with Crippen molar-refractivity contribution in [2.75, 3.05) is 18.0 Å². The van der Waals surface area contributed by atoms with Crippen LogP contribution in [0.2, 0.25) is 0 Å². The van der Waals surface area contributed by atoms with Gasteiger partial charge in [0.25, 0.3) is 5.91 Å². The summed E-state index contributed by atoms with van der Waals surface area (Å²) < 4.78 is 0. The molecule has 0 heterocycles. The number of benzene rings is 2. The zero-order valence-corrected chi connectivity index (χ0v) is 14.1. The Morgan fingerprint density at radius 2 is 1.80 bits per heavy atom. The van der Waals surface area contributed by atoms with Gasteiger partial charge in [0.2, 0.25) is 0 Å². The molecule has 2 aromatic carbocycles. The summed E-state index contributed by atoms with van der Waals surface area (Å²) in [6, 6.07) is 8.85. The molecule has 0 saturated carbocycles. The Morgan fingerprint density at radius 3 is 2.40 bits per heavy atom. The van der Waals surface area contributed by atoms with Crippen LogP contribution in [-0.4, -0.2) is 40.5 Å². The van der Waals surface area contributed by atoms with E-state index in [1.54, 1.807) is 12.1 Å². The molecule has 132 valence electrons. The average molecular weight is 343 g/mol. The topological polar surface area (TPSA) is 105 Å². The lowest BCUT2D eigenvalue weighted by Gasteiger charge is -2.21. The number of rotatable bonds is 6. The van der Waals surface area contributed by atoms with Crippen molar-refractivity contribution in [3.8, 4) is 17.2 Å². The van der Waals surface area contributed by atoms with Crippen molar-refractivity contribution in [3.63, 3.8) is 0 Å². The lowest BCUT2D eigenvalue weighted by molar-refractivity contribution is 0.0952. The second kappa shape index (κ2) is 8.05. The van der Waals surface area contributed by atoms with E-state index in [4.69, 9.17) is 0 Å². The van der Waals surface area contributed by atoms with Gasteiger partial charge in [-0.15, -0.1) is 0 Å². The fourth-order valence-electron chi connectivity index (χ4n) is 2.36. The Balaban J connectivity index is 2.08. The first-order valence-electron chi connectivity index (χ1n) is 7.89. The first-order chi connectivity index (χ1) is 12.0. The van der Waals surface area contributed by atoms with E-state index in [2.05, 4.69) is 15.4 Å². The van der Waals surface area contributed by atoms with Gasteiger partial charge < -0.3 is 20.2 Å². The molecule has 7 heteroatoms. The highest BCUT2D eigenvalue weighted by atomic mass is 16.3. The van der Waals surface area contributed by atoms with E-state index in [-0.39, 0.29) is 22.8 Å². The van der Waals surface area contributed by atoms with Gasteiger partial charge in [0.05, 0.1) is 11.8 Å². The number of aromatic hydroxyl groups is 3. The first kappa shape index (κ1) is 18.1. The summed E-state index contributed by atoms with van der Waals surface area (Å²) in [7, 11) is 0. The summed E-state index contributed by atoms with van der Waals surface area (Å²) in [4.78, 5) is 14.0. The number of carbonyl (C=O) groups is 1. The van der Waals surface area contributed by atoms with Crippen molar-refractivity contribution >= 4 is 17.8 Å². The molecule has 0 aliphatic heterocycles. The summed E-state index contributed by atoms with van der Waals surface area (Å²) in [5, 5.41) is 32.7. The van der Waals surface area contributed by atoms with Gasteiger partial charge in [-0.2, -0.15) is 5.10 Å². The van der Waals surface area contributed by atoms with Crippen LogP contribution in [-0.2, 0) is 0 Å². The maximum atomic E-state index is 11.9. The monoisotopic (exact) mass is 343 g/mol. The molecular weight excluding hydrogens is 322 g/mol. The number of amides is 1. The van der Waals surface area contributed by atoms with Crippen LogP contribution < -0.4 is 10.3 Å². The van der Waals surface area contributed by atoms with Gasteiger partial charge >= 0.3 is 0 Å². The van der Waals surface area contributed by atoms with E-state index < -0.39 is 5.91 Å². The smallest absolute Gasteiger partial charge is 0.275 e. The van der Waals surface area contributed by atoms with E-state index in [1.165, 1.54) is 18.3 Å². The molecule has 1 amide bonds. The number of phenolic OH excluding ortho intramolecular Hbond substituents is 3. The van der Waals surface area contributed by atoms with Crippen molar-refractivity contribution in [1.82, 2.24) is 5.43 Å². The number of hydrogen-bond donors (Lipinski definition) is 4. The Hall–Kier alpha value is -3.22. The normalized spacial score (nSPS) is 10.8. The van der Waals surface area contributed by atoms with Crippen LogP contribution >= 0.6 is 0 Å². The van der Waals surface area contributed by atoms with Crippen LogP contribution in [0.15, 0.2) is 41.5 Å². The molecule has 0 atom stereocenters. The molecule has 0 spiro atoms. The molecule has 0 radical (unpaired) electrons. The summed E-state index contributed by atoms with van der Waals surface area (Å²) in [6.07, 6.45) is 1.32. The number of nitrogens with zero attached hydrogens (tertiary/aromatic N) is 2. The van der Waals surface area contributed by atoms with Crippen molar-refractivity contribution in [2.45, 2.75) is 13.8 Å². The molecule has 0 saturated heterocycles. The zero-order chi connectivity index (χ0) is 18.4. The van der Waals surface area contributed by atoms with E-state index in [1.807, 2.05) is 19.9 Å².